The molecule has 8 heteroatoms. The van der Waals surface area contributed by atoms with Gasteiger partial charge in [0.15, 0.2) is 17.5 Å². The van der Waals surface area contributed by atoms with Crippen LogP contribution in [0.3, 0.4) is 0 Å². The van der Waals surface area contributed by atoms with Crippen LogP contribution in [-0.2, 0) is 16.7 Å². The molecule has 0 radical (unpaired) electrons. The van der Waals surface area contributed by atoms with Crippen LogP contribution in [0.2, 0.25) is 0 Å². The fourth-order valence-electron chi connectivity index (χ4n) is 3.98. The maximum Gasteiger partial charge on any atom is 0.231 e. The summed E-state index contributed by atoms with van der Waals surface area (Å²) in [6, 6.07) is 14.4. The van der Waals surface area contributed by atoms with Gasteiger partial charge < -0.3 is 29.6 Å². The minimum absolute atomic E-state index is 0. The molecule has 7 nitrogen and oxygen atoms in total. The van der Waals surface area contributed by atoms with Gasteiger partial charge in [0, 0.05) is 38.8 Å². The second-order valence-electron chi connectivity index (χ2n) is 7.59. The summed E-state index contributed by atoms with van der Waals surface area (Å²) in [5.74, 6) is 3.22. The lowest BCUT2D eigenvalue weighted by Gasteiger charge is -2.38. The normalized spacial score (nSPS) is 16.9. The Balaban J connectivity index is 0.00000272. The number of halogens is 1. The Kier molecular flexibility index (Phi) is 8.25. The van der Waals surface area contributed by atoms with Crippen LogP contribution >= 0.6 is 24.0 Å². The molecule has 2 aromatic carbocycles. The average molecular weight is 539 g/mol. The molecular weight excluding hydrogens is 509 g/mol. The van der Waals surface area contributed by atoms with Crippen molar-refractivity contribution in [3.8, 4) is 17.2 Å². The van der Waals surface area contributed by atoms with Crippen LogP contribution in [0.15, 0.2) is 47.5 Å². The van der Waals surface area contributed by atoms with Crippen LogP contribution in [0.1, 0.15) is 24.0 Å². The molecule has 0 bridgehead atoms. The highest BCUT2D eigenvalue weighted by Gasteiger charge is 2.34. The number of guanidine groups is 1. The third kappa shape index (κ3) is 5.54. The van der Waals surface area contributed by atoms with Crippen LogP contribution in [-0.4, -0.2) is 46.7 Å². The maximum absolute atomic E-state index is 5.65. The molecule has 0 atom stereocenters. The Hall–Kier alpha value is -2.20. The first-order valence-corrected chi connectivity index (χ1v) is 10.3. The molecule has 0 saturated carbocycles. The Morgan fingerprint density at radius 1 is 1.03 bits per heavy atom. The minimum atomic E-state index is 0. The average Bonchev–Trinajstić information content (AvgIpc) is 3.28. The van der Waals surface area contributed by atoms with E-state index in [1.54, 1.807) is 14.2 Å². The molecular formula is C23H30IN3O4. The molecule has 0 unspecified atom stereocenters. The van der Waals surface area contributed by atoms with E-state index in [1.165, 1.54) is 5.56 Å². The highest BCUT2D eigenvalue weighted by molar-refractivity contribution is 14.0. The smallest absolute Gasteiger partial charge is 0.231 e. The Labute approximate surface area is 200 Å². The summed E-state index contributed by atoms with van der Waals surface area (Å²) in [6.07, 6.45) is 1.93. The van der Waals surface area contributed by atoms with E-state index in [0.717, 1.165) is 61.4 Å². The zero-order valence-corrected chi connectivity index (χ0v) is 20.3. The fraction of sp³-hybridized carbons (Fsp3) is 0.435. The van der Waals surface area contributed by atoms with Crippen molar-refractivity contribution in [2.45, 2.75) is 24.8 Å². The second kappa shape index (κ2) is 10.9. The van der Waals surface area contributed by atoms with Gasteiger partial charge in [-0.05, 0) is 48.2 Å². The lowest BCUT2D eigenvalue weighted by Crippen LogP contribution is -2.47. The Bertz CT molecular complexity index is 883. The van der Waals surface area contributed by atoms with Crippen molar-refractivity contribution in [3.05, 3.63) is 53.6 Å². The van der Waals surface area contributed by atoms with Crippen molar-refractivity contribution in [1.82, 2.24) is 10.6 Å². The molecule has 0 aromatic heterocycles. The molecule has 2 aliphatic heterocycles. The molecule has 2 N–H and O–H groups in total. The number of hydrogen-bond acceptors (Lipinski definition) is 5. The molecule has 4 rings (SSSR count). The first-order valence-electron chi connectivity index (χ1n) is 10.3. The zero-order valence-electron chi connectivity index (χ0n) is 18.0. The van der Waals surface area contributed by atoms with E-state index in [-0.39, 0.29) is 36.2 Å². The fourth-order valence-corrected chi connectivity index (χ4v) is 3.98. The van der Waals surface area contributed by atoms with Crippen LogP contribution in [0.25, 0.3) is 0 Å². The van der Waals surface area contributed by atoms with Crippen molar-refractivity contribution in [1.29, 1.82) is 0 Å². The van der Waals surface area contributed by atoms with Gasteiger partial charge in [0.05, 0.1) is 7.11 Å². The number of fused-ring (bicyclic) bond motifs is 1. The van der Waals surface area contributed by atoms with E-state index in [1.807, 2.05) is 30.3 Å². The summed E-state index contributed by atoms with van der Waals surface area (Å²) >= 11 is 0. The quantitative estimate of drug-likeness (QED) is 0.333. The molecule has 168 valence electrons. The summed E-state index contributed by atoms with van der Waals surface area (Å²) in [6.45, 7) is 3.24. The first kappa shape index (κ1) is 23.5. The molecule has 2 heterocycles. The van der Waals surface area contributed by atoms with E-state index in [2.05, 4.69) is 27.8 Å². The molecule has 2 aromatic rings. The minimum Gasteiger partial charge on any atom is -0.497 e. The van der Waals surface area contributed by atoms with Gasteiger partial charge in [0.1, 0.15) is 5.75 Å². The van der Waals surface area contributed by atoms with E-state index in [9.17, 15) is 0 Å². The number of rotatable bonds is 6. The summed E-state index contributed by atoms with van der Waals surface area (Å²) < 4.78 is 21.8. The predicted octanol–water partition coefficient (Wildman–Crippen LogP) is 3.46. The second-order valence-corrected chi connectivity index (χ2v) is 7.59. The monoisotopic (exact) mass is 539 g/mol. The Morgan fingerprint density at radius 2 is 1.77 bits per heavy atom. The number of nitrogens with one attached hydrogen (secondary N) is 2. The molecule has 2 aliphatic rings. The molecule has 31 heavy (non-hydrogen) atoms. The lowest BCUT2D eigenvalue weighted by atomic mass is 9.74. The molecule has 1 saturated heterocycles. The lowest BCUT2D eigenvalue weighted by molar-refractivity contribution is 0.0513. The van der Waals surface area contributed by atoms with E-state index in [0.29, 0.717) is 6.54 Å². The highest BCUT2D eigenvalue weighted by Crippen LogP contribution is 2.35. The number of methoxy groups -OCH3 is 1. The van der Waals surface area contributed by atoms with Crippen molar-refractivity contribution >= 4 is 29.9 Å². The van der Waals surface area contributed by atoms with Crippen molar-refractivity contribution in [3.63, 3.8) is 0 Å². The van der Waals surface area contributed by atoms with Crippen LogP contribution in [0.5, 0.6) is 17.2 Å². The maximum atomic E-state index is 5.65. The molecule has 0 spiro atoms. The topological polar surface area (TPSA) is 73.3 Å². The van der Waals surface area contributed by atoms with E-state index in [4.69, 9.17) is 18.9 Å². The number of aliphatic imine (C=N–C) groups is 1. The van der Waals surface area contributed by atoms with Gasteiger partial charge in [-0.3, -0.25) is 4.99 Å². The van der Waals surface area contributed by atoms with Crippen molar-refractivity contribution in [2.75, 3.05) is 40.7 Å². The molecule has 0 aliphatic carbocycles. The van der Waals surface area contributed by atoms with Crippen molar-refractivity contribution < 1.29 is 18.9 Å². The summed E-state index contributed by atoms with van der Waals surface area (Å²) in [5, 5.41) is 6.92. The Morgan fingerprint density at radius 3 is 2.48 bits per heavy atom. The number of nitrogens with zero attached hydrogens (tertiary/aromatic N) is 1. The van der Waals surface area contributed by atoms with Gasteiger partial charge in [-0.2, -0.15) is 0 Å². The van der Waals surface area contributed by atoms with Crippen LogP contribution in [0, 0.1) is 0 Å². The first-order chi connectivity index (χ1) is 14.7. The highest BCUT2D eigenvalue weighted by atomic mass is 127. The number of ether oxygens (including phenoxy) is 4. The van der Waals surface area contributed by atoms with Crippen molar-refractivity contribution in [2.24, 2.45) is 4.99 Å². The predicted molar refractivity (Wildman–Crippen MR) is 131 cm³/mol. The van der Waals surface area contributed by atoms with Gasteiger partial charge in [0.2, 0.25) is 6.79 Å². The van der Waals surface area contributed by atoms with Gasteiger partial charge in [-0.25, -0.2) is 0 Å². The number of benzene rings is 2. The van der Waals surface area contributed by atoms with E-state index >= 15 is 0 Å². The third-order valence-electron chi connectivity index (χ3n) is 5.87. The van der Waals surface area contributed by atoms with Gasteiger partial charge >= 0.3 is 0 Å². The molecule has 1 fully saturated rings. The summed E-state index contributed by atoms with van der Waals surface area (Å²) in [4.78, 5) is 4.40. The number of hydrogen-bond donors (Lipinski definition) is 2. The standard InChI is InChI=1S/C23H29N3O4.HI/c1-24-22(25-14-17-3-8-20-21(13-17)30-16-29-20)26-15-23(9-11-28-12-10-23)18-4-6-19(27-2)7-5-18;/h3-8,13H,9-12,14-16H2,1-2H3,(H2,24,25,26);1H. The van der Waals surface area contributed by atoms with Crippen LogP contribution < -0.4 is 24.8 Å². The van der Waals surface area contributed by atoms with Crippen LogP contribution in [0.4, 0.5) is 0 Å². The van der Waals surface area contributed by atoms with Gasteiger partial charge in [-0.15, -0.1) is 24.0 Å². The summed E-state index contributed by atoms with van der Waals surface area (Å²) in [7, 11) is 3.48. The van der Waals surface area contributed by atoms with Gasteiger partial charge in [-0.1, -0.05) is 18.2 Å². The molecule has 0 amide bonds. The van der Waals surface area contributed by atoms with Gasteiger partial charge in [0.25, 0.3) is 0 Å². The van der Waals surface area contributed by atoms with E-state index < -0.39 is 0 Å². The SMILES string of the molecule is CN=C(NCc1ccc2c(c1)OCO2)NCC1(c2ccc(OC)cc2)CCOCC1.I. The largest absolute Gasteiger partial charge is 0.497 e. The third-order valence-corrected chi connectivity index (χ3v) is 5.87. The zero-order chi connectivity index (χ0) is 20.8. The summed E-state index contributed by atoms with van der Waals surface area (Å²) in [5.41, 5.74) is 2.41.